The Labute approximate surface area is 89.1 Å². The molecule has 1 aromatic rings. The van der Waals surface area contributed by atoms with E-state index in [1.807, 2.05) is 23.1 Å². The van der Waals surface area contributed by atoms with Crippen molar-refractivity contribution in [1.82, 2.24) is 4.90 Å². The van der Waals surface area contributed by atoms with Gasteiger partial charge < -0.3 is 10.2 Å². The Morgan fingerprint density at radius 1 is 1.33 bits per heavy atom. The molecule has 1 N–H and O–H groups in total. The summed E-state index contributed by atoms with van der Waals surface area (Å²) < 4.78 is 0. The summed E-state index contributed by atoms with van der Waals surface area (Å²) in [5.41, 5.74) is 2.19. The number of carbonyl (C=O) groups is 1. The summed E-state index contributed by atoms with van der Waals surface area (Å²) in [7, 11) is 0. The van der Waals surface area contributed by atoms with Crippen molar-refractivity contribution in [3.8, 4) is 0 Å². The fraction of sp³-hybridized carbons (Fsp3) is 0.417. The summed E-state index contributed by atoms with van der Waals surface area (Å²) in [5, 5.41) is 2.93. The Kier molecular flexibility index (Phi) is 1.91. The van der Waals surface area contributed by atoms with Crippen LogP contribution in [0.3, 0.4) is 0 Å². The number of urea groups is 1. The Balaban J connectivity index is 1.81. The minimum absolute atomic E-state index is 0.0561. The molecule has 3 rings (SSSR count). The van der Waals surface area contributed by atoms with Gasteiger partial charge in [-0.15, -0.1) is 0 Å². The zero-order valence-electron chi connectivity index (χ0n) is 8.57. The highest BCUT2D eigenvalue weighted by Gasteiger charge is 2.29. The smallest absolute Gasteiger partial charge is 0.320 e. The molecule has 1 aliphatic carbocycles. The summed E-state index contributed by atoms with van der Waals surface area (Å²) >= 11 is 0. The van der Waals surface area contributed by atoms with E-state index in [4.69, 9.17) is 0 Å². The number of hydrogen-bond acceptors (Lipinski definition) is 1. The summed E-state index contributed by atoms with van der Waals surface area (Å²) in [6.45, 7) is 1.68. The van der Waals surface area contributed by atoms with Crippen LogP contribution >= 0.6 is 0 Å². The fourth-order valence-electron chi connectivity index (χ4n) is 2.01. The Morgan fingerprint density at radius 2 is 2.13 bits per heavy atom. The SMILES string of the molecule is O=C1Nc2ccccc2CN1CC1CC1. The van der Waals surface area contributed by atoms with Gasteiger partial charge in [0.1, 0.15) is 0 Å². The predicted molar refractivity (Wildman–Crippen MR) is 58.6 cm³/mol. The van der Waals surface area contributed by atoms with Crippen molar-refractivity contribution in [3.05, 3.63) is 29.8 Å². The van der Waals surface area contributed by atoms with Gasteiger partial charge in [-0.2, -0.15) is 0 Å². The first-order chi connectivity index (χ1) is 7.33. The number of para-hydroxylation sites is 1. The van der Waals surface area contributed by atoms with Crippen LogP contribution in [0.5, 0.6) is 0 Å². The highest BCUT2D eigenvalue weighted by atomic mass is 16.2. The maximum atomic E-state index is 11.7. The first-order valence-corrected chi connectivity index (χ1v) is 5.47. The number of hydrogen-bond donors (Lipinski definition) is 1. The van der Waals surface area contributed by atoms with Gasteiger partial charge in [0.15, 0.2) is 0 Å². The monoisotopic (exact) mass is 202 g/mol. The molecular formula is C12H14N2O. The minimum Gasteiger partial charge on any atom is -0.320 e. The molecule has 2 amide bonds. The van der Waals surface area contributed by atoms with Crippen LogP contribution in [0.1, 0.15) is 18.4 Å². The van der Waals surface area contributed by atoms with Crippen molar-refractivity contribution in [2.75, 3.05) is 11.9 Å². The average Bonchev–Trinajstić information content (AvgIpc) is 3.03. The molecule has 0 radical (unpaired) electrons. The van der Waals surface area contributed by atoms with Gasteiger partial charge in [-0.05, 0) is 30.4 Å². The van der Waals surface area contributed by atoms with E-state index in [1.54, 1.807) is 0 Å². The highest BCUT2D eigenvalue weighted by Crippen LogP contribution is 2.32. The van der Waals surface area contributed by atoms with Crippen LogP contribution in [0.2, 0.25) is 0 Å². The molecule has 1 saturated carbocycles. The first-order valence-electron chi connectivity index (χ1n) is 5.47. The lowest BCUT2D eigenvalue weighted by molar-refractivity contribution is 0.204. The van der Waals surface area contributed by atoms with Crippen LogP contribution in [-0.2, 0) is 6.54 Å². The second-order valence-corrected chi connectivity index (χ2v) is 4.41. The Hall–Kier alpha value is -1.51. The number of nitrogens with one attached hydrogen (secondary N) is 1. The molecule has 1 aliphatic heterocycles. The van der Waals surface area contributed by atoms with E-state index in [-0.39, 0.29) is 6.03 Å². The maximum absolute atomic E-state index is 11.7. The van der Waals surface area contributed by atoms with Crippen LogP contribution in [0.25, 0.3) is 0 Å². The van der Waals surface area contributed by atoms with Crippen molar-refractivity contribution >= 4 is 11.7 Å². The molecule has 2 aliphatic rings. The molecule has 3 nitrogen and oxygen atoms in total. The van der Waals surface area contributed by atoms with E-state index >= 15 is 0 Å². The predicted octanol–water partition coefficient (Wildman–Crippen LogP) is 2.44. The minimum atomic E-state index is 0.0561. The van der Waals surface area contributed by atoms with Gasteiger partial charge >= 0.3 is 6.03 Å². The normalized spacial score (nSPS) is 19.7. The van der Waals surface area contributed by atoms with Crippen LogP contribution in [-0.4, -0.2) is 17.5 Å². The van der Waals surface area contributed by atoms with Crippen LogP contribution in [0.4, 0.5) is 10.5 Å². The molecule has 0 saturated heterocycles. The highest BCUT2D eigenvalue weighted by molar-refractivity contribution is 5.92. The van der Waals surface area contributed by atoms with E-state index < -0.39 is 0 Å². The zero-order chi connectivity index (χ0) is 10.3. The quantitative estimate of drug-likeness (QED) is 0.785. The summed E-state index contributed by atoms with van der Waals surface area (Å²) in [5.74, 6) is 0.751. The fourth-order valence-corrected chi connectivity index (χ4v) is 2.01. The van der Waals surface area contributed by atoms with Gasteiger partial charge in [-0.25, -0.2) is 4.79 Å². The standard InChI is InChI=1S/C12H14N2O/c15-12-13-11-4-2-1-3-10(11)8-14(12)7-9-5-6-9/h1-4,9H,5-8H2,(H,13,15). The topological polar surface area (TPSA) is 32.3 Å². The van der Waals surface area contributed by atoms with E-state index in [0.29, 0.717) is 0 Å². The molecule has 0 aromatic heterocycles. The van der Waals surface area contributed by atoms with Crippen molar-refractivity contribution in [2.24, 2.45) is 5.92 Å². The molecule has 0 bridgehead atoms. The van der Waals surface area contributed by atoms with Crippen LogP contribution < -0.4 is 5.32 Å². The molecule has 1 fully saturated rings. The van der Waals surface area contributed by atoms with Gasteiger partial charge in [-0.1, -0.05) is 18.2 Å². The maximum Gasteiger partial charge on any atom is 0.322 e. The van der Waals surface area contributed by atoms with E-state index in [2.05, 4.69) is 11.4 Å². The first kappa shape index (κ1) is 8.77. The third-order valence-corrected chi connectivity index (χ3v) is 3.08. The molecule has 0 atom stereocenters. The van der Waals surface area contributed by atoms with Crippen molar-refractivity contribution in [3.63, 3.8) is 0 Å². The summed E-state index contributed by atoms with van der Waals surface area (Å²) in [4.78, 5) is 13.7. The lowest BCUT2D eigenvalue weighted by Crippen LogP contribution is -2.39. The Bertz CT molecular complexity index is 398. The number of rotatable bonds is 2. The van der Waals surface area contributed by atoms with Gasteiger partial charge in [0, 0.05) is 18.8 Å². The van der Waals surface area contributed by atoms with Crippen molar-refractivity contribution in [1.29, 1.82) is 0 Å². The van der Waals surface area contributed by atoms with E-state index in [9.17, 15) is 4.79 Å². The van der Waals surface area contributed by atoms with Gasteiger partial charge in [0.2, 0.25) is 0 Å². The number of fused-ring (bicyclic) bond motifs is 1. The van der Waals surface area contributed by atoms with Crippen molar-refractivity contribution in [2.45, 2.75) is 19.4 Å². The van der Waals surface area contributed by atoms with Gasteiger partial charge in [0.05, 0.1) is 0 Å². The second-order valence-electron chi connectivity index (χ2n) is 4.41. The molecule has 3 heteroatoms. The van der Waals surface area contributed by atoms with Gasteiger partial charge in [-0.3, -0.25) is 0 Å². The lowest BCUT2D eigenvalue weighted by Gasteiger charge is -2.29. The van der Waals surface area contributed by atoms with Gasteiger partial charge in [0.25, 0.3) is 0 Å². The largest absolute Gasteiger partial charge is 0.322 e. The zero-order valence-corrected chi connectivity index (χ0v) is 8.57. The third kappa shape index (κ3) is 1.69. The molecule has 0 spiro atoms. The molecule has 0 unspecified atom stereocenters. The average molecular weight is 202 g/mol. The van der Waals surface area contributed by atoms with Crippen molar-refractivity contribution < 1.29 is 4.79 Å². The number of anilines is 1. The van der Waals surface area contributed by atoms with Crippen LogP contribution in [0, 0.1) is 5.92 Å². The molecular weight excluding hydrogens is 188 g/mol. The Morgan fingerprint density at radius 3 is 2.93 bits per heavy atom. The molecule has 78 valence electrons. The van der Waals surface area contributed by atoms with E-state index in [1.165, 1.54) is 18.4 Å². The van der Waals surface area contributed by atoms with E-state index in [0.717, 1.165) is 24.7 Å². The number of carbonyl (C=O) groups excluding carboxylic acids is 1. The second kappa shape index (κ2) is 3.26. The number of amides is 2. The lowest BCUT2D eigenvalue weighted by atomic mass is 10.1. The summed E-state index contributed by atoms with van der Waals surface area (Å²) in [6.07, 6.45) is 2.57. The molecule has 15 heavy (non-hydrogen) atoms. The molecule has 1 aromatic carbocycles. The summed E-state index contributed by atoms with van der Waals surface area (Å²) in [6, 6.07) is 8.07. The van der Waals surface area contributed by atoms with Crippen LogP contribution in [0.15, 0.2) is 24.3 Å². The number of benzene rings is 1. The third-order valence-electron chi connectivity index (χ3n) is 3.08. The molecule has 1 heterocycles. The number of nitrogens with zero attached hydrogens (tertiary/aromatic N) is 1.